The predicted molar refractivity (Wildman–Crippen MR) is 82.5 cm³/mol. The molecule has 1 heterocycles. The van der Waals surface area contributed by atoms with Crippen LogP contribution in [0.2, 0.25) is 0 Å². The molecule has 0 fully saturated rings. The van der Waals surface area contributed by atoms with Crippen LogP contribution in [0.25, 0.3) is 21.7 Å². The van der Waals surface area contributed by atoms with Gasteiger partial charge in [-0.2, -0.15) is 0 Å². The van der Waals surface area contributed by atoms with Gasteiger partial charge >= 0.3 is 5.97 Å². The van der Waals surface area contributed by atoms with Gasteiger partial charge in [0.1, 0.15) is 5.58 Å². The summed E-state index contributed by atoms with van der Waals surface area (Å²) in [5.74, 6) is -1.30. The van der Waals surface area contributed by atoms with Crippen molar-refractivity contribution in [3.05, 3.63) is 47.7 Å². The van der Waals surface area contributed by atoms with E-state index in [-0.39, 0.29) is 5.76 Å². The van der Waals surface area contributed by atoms with Crippen LogP contribution in [0.15, 0.2) is 40.8 Å². The van der Waals surface area contributed by atoms with Crippen molar-refractivity contribution in [2.24, 2.45) is 5.73 Å². The molecule has 0 bridgehead atoms. The molecule has 3 aromatic rings. The average molecular weight is 297 g/mol. The summed E-state index contributed by atoms with van der Waals surface area (Å²) < 4.78 is 10.7. The van der Waals surface area contributed by atoms with Crippen LogP contribution in [-0.2, 0) is 9.53 Å². The van der Waals surface area contributed by atoms with Crippen molar-refractivity contribution in [2.75, 3.05) is 0 Å². The molecule has 0 aliphatic carbocycles. The van der Waals surface area contributed by atoms with Gasteiger partial charge in [-0.1, -0.05) is 36.4 Å². The van der Waals surface area contributed by atoms with E-state index in [4.69, 9.17) is 14.9 Å². The Morgan fingerprint density at radius 2 is 1.86 bits per heavy atom. The van der Waals surface area contributed by atoms with Crippen molar-refractivity contribution in [2.45, 2.75) is 20.0 Å². The van der Waals surface area contributed by atoms with Crippen molar-refractivity contribution in [3.8, 4) is 0 Å². The molecule has 1 aromatic heterocycles. The molecule has 2 aromatic carbocycles. The highest BCUT2D eigenvalue weighted by molar-refractivity contribution is 6.08. The standard InChI is InChI=1S/C17H15NO4/c1-9-12-8-7-11-5-3-4-6-13(11)15(12)22-14(9)17(20)21-10(2)16(18)19/h3-8,10H,1-2H3,(H2,18,19)/t10-/m0/s1. The van der Waals surface area contributed by atoms with Gasteiger partial charge in [0, 0.05) is 16.3 Å². The first-order chi connectivity index (χ1) is 10.5. The number of primary amides is 1. The lowest BCUT2D eigenvalue weighted by Gasteiger charge is -2.07. The second-order valence-corrected chi connectivity index (χ2v) is 5.17. The first-order valence-electron chi connectivity index (χ1n) is 6.90. The maximum Gasteiger partial charge on any atom is 0.375 e. The number of fused-ring (bicyclic) bond motifs is 3. The fourth-order valence-corrected chi connectivity index (χ4v) is 2.42. The maximum atomic E-state index is 12.2. The lowest BCUT2D eigenvalue weighted by molar-refractivity contribution is -0.125. The first kappa shape index (κ1) is 14.1. The van der Waals surface area contributed by atoms with Crippen LogP contribution in [0.5, 0.6) is 0 Å². The number of carbonyl (C=O) groups excluding carboxylic acids is 2. The van der Waals surface area contributed by atoms with E-state index in [1.165, 1.54) is 6.92 Å². The summed E-state index contributed by atoms with van der Waals surface area (Å²) >= 11 is 0. The Morgan fingerprint density at radius 3 is 2.59 bits per heavy atom. The lowest BCUT2D eigenvalue weighted by Crippen LogP contribution is -2.30. The number of rotatable bonds is 3. The number of nitrogens with two attached hydrogens (primary N) is 1. The third-order valence-corrected chi connectivity index (χ3v) is 3.70. The summed E-state index contributed by atoms with van der Waals surface area (Å²) in [5, 5.41) is 2.79. The van der Waals surface area contributed by atoms with Crippen LogP contribution in [0.4, 0.5) is 0 Å². The van der Waals surface area contributed by atoms with Gasteiger partial charge in [0.2, 0.25) is 5.76 Å². The lowest BCUT2D eigenvalue weighted by atomic mass is 10.1. The maximum absolute atomic E-state index is 12.2. The summed E-state index contributed by atoms with van der Waals surface area (Å²) in [6.07, 6.45) is -1.00. The number of carbonyl (C=O) groups is 2. The Hall–Kier alpha value is -2.82. The minimum Gasteiger partial charge on any atom is -0.448 e. The van der Waals surface area contributed by atoms with Crippen LogP contribution >= 0.6 is 0 Å². The molecule has 0 spiro atoms. The zero-order valence-electron chi connectivity index (χ0n) is 12.3. The van der Waals surface area contributed by atoms with Crippen molar-refractivity contribution in [3.63, 3.8) is 0 Å². The molecule has 5 nitrogen and oxygen atoms in total. The summed E-state index contributed by atoms with van der Waals surface area (Å²) in [6, 6.07) is 11.6. The minimum atomic E-state index is -1.00. The molecule has 0 radical (unpaired) electrons. The van der Waals surface area contributed by atoms with Crippen LogP contribution < -0.4 is 5.73 Å². The van der Waals surface area contributed by atoms with Gasteiger partial charge < -0.3 is 14.9 Å². The zero-order chi connectivity index (χ0) is 15.9. The van der Waals surface area contributed by atoms with Crippen molar-refractivity contribution >= 4 is 33.6 Å². The number of ether oxygens (including phenoxy) is 1. The predicted octanol–water partition coefficient (Wildman–Crippen LogP) is 2.93. The van der Waals surface area contributed by atoms with E-state index in [1.54, 1.807) is 6.92 Å². The van der Waals surface area contributed by atoms with Crippen LogP contribution in [-0.4, -0.2) is 18.0 Å². The van der Waals surface area contributed by atoms with E-state index in [1.807, 2.05) is 36.4 Å². The molecular formula is C17H15NO4. The minimum absolute atomic E-state index is 0.0967. The fraction of sp³-hybridized carbons (Fsp3) is 0.176. The SMILES string of the molecule is Cc1c(C(=O)O[C@@H](C)C(N)=O)oc2c1ccc1ccccc12. The van der Waals surface area contributed by atoms with Gasteiger partial charge in [0.25, 0.3) is 5.91 Å². The van der Waals surface area contributed by atoms with Gasteiger partial charge in [0.15, 0.2) is 6.10 Å². The second-order valence-electron chi connectivity index (χ2n) is 5.17. The van der Waals surface area contributed by atoms with Crippen LogP contribution in [0, 0.1) is 6.92 Å². The number of hydrogen-bond acceptors (Lipinski definition) is 4. The van der Waals surface area contributed by atoms with Crippen LogP contribution in [0.1, 0.15) is 23.0 Å². The van der Waals surface area contributed by atoms with E-state index in [2.05, 4.69) is 0 Å². The molecule has 0 saturated heterocycles. The molecule has 112 valence electrons. The average Bonchev–Trinajstić information content (AvgIpc) is 2.85. The first-order valence-corrected chi connectivity index (χ1v) is 6.90. The van der Waals surface area contributed by atoms with E-state index >= 15 is 0 Å². The molecule has 0 unspecified atom stereocenters. The monoisotopic (exact) mass is 297 g/mol. The number of benzene rings is 2. The largest absolute Gasteiger partial charge is 0.448 e. The summed E-state index contributed by atoms with van der Waals surface area (Å²) in [7, 11) is 0. The second kappa shape index (κ2) is 5.18. The third-order valence-electron chi connectivity index (χ3n) is 3.70. The molecule has 0 aliphatic rings. The van der Waals surface area contributed by atoms with E-state index in [9.17, 15) is 9.59 Å². The molecule has 1 amide bonds. The Labute approximate surface area is 126 Å². The Balaban J connectivity index is 2.11. The number of aryl methyl sites for hydroxylation is 1. The van der Waals surface area contributed by atoms with Gasteiger partial charge in [-0.3, -0.25) is 4.79 Å². The molecular weight excluding hydrogens is 282 g/mol. The van der Waals surface area contributed by atoms with Gasteiger partial charge in [-0.05, 0) is 19.2 Å². The van der Waals surface area contributed by atoms with E-state index in [0.717, 1.165) is 16.2 Å². The molecule has 2 N–H and O–H groups in total. The van der Waals surface area contributed by atoms with E-state index in [0.29, 0.717) is 11.1 Å². The molecule has 1 atom stereocenters. The van der Waals surface area contributed by atoms with Gasteiger partial charge in [0.05, 0.1) is 0 Å². The smallest absolute Gasteiger partial charge is 0.375 e. The summed E-state index contributed by atoms with van der Waals surface area (Å²) in [5.41, 5.74) is 6.42. The van der Waals surface area contributed by atoms with Gasteiger partial charge in [-0.15, -0.1) is 0 Å². The number of esters is 1. The fourth-order valence-electron chi connectivity index (χ4n) is 2.42. The van der Waals surface area contributed by atoms with Crippen LogP contribution in [0.3, 0.4) is 0 Å². The number of amides is 1. The van der Waals surface area contributed by atoms with Crippen molar-refractivity contribution in [1.82, 2.24) is 0 Å². The highest BCUT2D eigenvalue weighted by atomic mass is 16.6. The highest BCUT2D eigenvalue weighted by Crippen LogP contribution is 2.32. The quantitative estimate of drug-likeness (QED) is 0.753. The molecule has 3 rings (SSSR count). The Bertz CT molecular complexity index is 894. The summed E-state index contributed by atoms with van der Waals surface area (Å²) in [6.45, 7) is 3.21. The van der Waals surface area contributed by atoms with Gasteiger partial charge in [-0.25, -0.2) is 4.79 Å². The third kappa shape index (κ3) is 2.20. The van der Waals surface area contributed by atoms with Crippen molar-refractivity contribution < 1.29 is 18.7 Å². The van der Waals surface area contributed by atoms with E-state index < -0.39 is 18.0 Å². The molecule has 22 heavy (non-hydrogen) atoms. The zero-order valence-corrected chi connectivity index (χ0v) is 12.3. The Morgan fingerprint density at radius 1 is 1.14 bits per heavy atom. The molecule has 0 aliphatic heterocycles. The summed E-state index contributed by atoms with van der Waals surface area (Å²) in [4.78, 5) is 23.2. The van der Waals surface area contributed by atoms with Crippen molar-refractivity contribution in [1.29, 1.82) is 0 Å². The Kier molecular flexibility index (Phi) is 3.33. The molecule has 0 saturated carbocycles. The normalized spacial score (nSPS) is 12.5. The highest BCUT2D eigenvalue weighted by Gasteiger charge is 2.23. The topological polar surface area (TPSA) is 82.5 Å². The number of furan rings is 1. The molecule has 5 heteroatoms. The number of hydrogen-bond donors (Lipinski definition) is 1.